The fourth-order valence-corrected chi connectivity index (χ4v) is 4.57. The second-order valence-corrected chi connectivity index (χ2v) is 8.63. The quantitative estimate of drug-likeness (QED) is 0.636. The summed E-state index contributed by atoms with van der Waals surface area (Å²) < 4.78 is 5.91. The number of aryl methyl sites for hydroxylation is 1. The molecule has 0 bridgehead atoms. The standard InChI is InChI=1S/C22H23ClN4O2S/c1-14-20(30-22(24-2)26-14)21(28)27-8-9-29-19(13-27)18-7-6-16(12-25-18)10-15-4-3-5-17(23)11-15/h3-7,11-12,19H,8-10,13H2,1-2H3,(H,24,26)/t19-/m0/s1. The van der Waals surface area contributed by atoms with Crippen molar-refractivity contribution in [3.63, 3.8) is 0 Å². The van der Waals surface area contributed by atoms with Crippen molar-refractivity contribution in [1.29, 1.82) is 0 Å². The SMILES string of the molecule is CNc1nc(C)c(C(=O)N2CCO[C@H](c3ccc(Cc4cccc(Cl)c4)cn3)C2)s1. The number of morpholine rings is 1. The Bertz CT molecular complexity index is 1040. The zero-order valence-electron chi connectivity index (χ0n) is 16.9. The monoisotopic (exact) mass is 442 g/mol. The first-order valence-electron chi connectivity index (χ1n) is 9.79. The van der Waals surface area contributed by atoms with Crippen molar-refractivity contribution in [2.24, 2.45) is 0 Å². The van der Waals surface area contributed by atoms with Crippen LogP contribution in [-0.4, -0.2) is 47.5 Å². The Balaban J connectivity index is 1.44. The lowest BCUT2D eigenvalue weighted by Crippen LogP contribution is -2.42. The van der Waals surface area contributed by atoms with E-state index in [4.69, 9.17) is 16.3 Å². The number of aromatic nitrogens is 2. The van der Waals surface area contributed by atoms with E-state index in [1.54, 1.807) is 7.05 Å². The van der Waals surface area contributed by atoms with Gasteiger partial charge in [0.05, 0.1) is 24.5 Å². The summed E-state index contributed by atoms with van der Waals surface area (Å²) in [7, 11) is 1.80. The van der Waals surface area contributed by atoms with Crippen LogP contribution in [0.5, 0.6) is 0 Å². The number of rotatable bonds is 5. The summed E-state index contributed by atoms with van der Waals surface area (Å²) in [5.74, 6) is -0.00243. The van der Waals surface area contributed by atoms with Crippen molar-refractivity contribution >= 4 is 34.0 Å². The van der Waals surface area contributed by atoms with Crippen LogP contribution in [0, 0.1) is 6.92 Å². The molecular weight excluding hydrogens is 420 g/mol. The van der Waals surface area contributed by atoms with Crippen molar-refractivity contribution in [1.82, 2.24) is 14.9 Å². The smallest absolute Gasteiger partial charge is 0.266 e. The number of nitrogens with one attached hydrogen (secondary N) is 1. The highest BCUT2D eigenvalue weighted by atomic mass is 35.5. The molecule has 0 radical (unpaired) electrons. The van der Waals surface area contributed by atoms with Crippen molar-refractivity contribution < 1.29 is 9.53 Å². The predicted octanol–water partition coefficient (Wildman–Crippen LogP) is 4.35. The predicted molar refractivity (Wildman–Crippen MR) is 119 cm³/mol. The van der Waals surface area contributed by atoms with Crippen molar-refractivity contribution in [2.75, 3.05) is 32.1 Å². The summed E-state index contributed by atoms with van der Waals surface area (Å²) >= 11 is 7.45. The fraction of sp³-hybridized carbons (Fsp3) is 0.318. The van der Waals surface area contributed by atoms with Gasteiger partial charge >= 0.3 is 0 Å². The van der Waals surface area contributed by atoms with Crippen molar-refractivity contribution in [3.05, 3.63) is 75.0 Å². The van der Waals surface area contributed by atoms with Gasteiger partial charge in [-0.2, -0.15) is 0 Å². The molecule has 1 atom stereocenters. The minimum absolute atomic E-state index is 0.00243. The second-order valence-electron chi connectivity index (χ2n) is 7.19. The molecule has 1 aliphatic heterocycles. The molecule has 6 nitrogen and oxygen atoms in total. The number of thiazole rings is 1. The molecule has 3 aromatic rings. The summed E-state index contributed by atoms with van der Waals surface area (Å²) in [4.78, 5) is 24.5. The highest BCUT2D eigenvalue weighted by Crippen LogP contribution is 2.27. The van der Waals surface area contributed by atoms with Crippen molar-refractivity contribution in [3.8, 4) is 0 Å². The molecule has 2 aromatic heterocycles. The third-order valence-electron chi connectivity index (χ3n) is 5.03. The molecule has 1 N–H and O–H groups in total. The van der Waals surface area contributed by atoms with E-state index in [2.05, 4.69) is 27.4 Å². The minimum atomic E-state index is -0.236. The number of nitrogens with zero attached hydrogens (tertiary/aromatic N) is 3. The number of hydrogen-bond acceptors (Lipinski definition) is 6. The van der Waals surface area contributed by atoms with Gasteiger partial charge in [-0.3, -0.25) is 9.78 Å². The Labute approximate surface area is 184 Å². The van der Waals surface area contributed by atoms with Gasteiger partial charge in [0.25, 0.3) is 5.91 Å². The molecular formula is C22H23ClN4O2S. The molecule has 1 amide bonds. The van der Waals surface area contributed by atoms with Crippen LogP contribution in [0.15, 0.2) is 42.6 Å². The number of hydrogen-bond donors (Lipinski definition) is 1. The number of benzene rings is 1. The minimum Gasteiger partial charge on any atom is -0.368 e. The Morgan fingerprint density at radius 3 is 2.90 bits per heavy atom. The third-order valence-corrected chi connectivity index (χ3v) is 6.43. The number of pyridine rings is 1. The van der Waals surface area contributed by atoms with Gasteiger partial charge in [0.2, 0.25) is 0 Å². The van der Waals surface area contributed by atoms with Crippen LogP contribution >= 0.6 is 22.9 Å². The first kappa shape index (κ1) is 20.8. The molecule has 8 heteroatoms. The maximum atomic E-state index is 13.0. The average Bonchev–Trinajstić information content (AvgIpc) is 3.14. The molecule has 0 unspecified atom stereocenters. The number of anilines is 1. The van der Waals surface area contributed by atoms with Gasteiger partial charge < -0.3 is 15.0 Å². The van der Waals surface area contributed by atoms with Crippen molar-refractivity contribution in [2.45, 2.75) is 19.4 Å². The summed E-state index contributed by atoms with van der Waals surface area (Å²) in [6, 6.07) is 11.9. The van der Waals surface area contributed by atoms with Gasteiger partial charge in [0, 0.05) is 24.8 Å². The lowest BCUT2D eigenvalue weighted by atomic mass is 10.1. The lowest BCUT2D eigenvalue weighted by molar-refractivity contribution is -0.0246. The van der Waals surface area contributed by atoms with E-state index in [0.29, 0.717) is 24.6 Å². The second kappa shape index (κ2) is 9.12. The fourth-order valence-electron chi connectivity index (χ4n) is 3.47. The molecule has 1 aromatic carbocycles. The molecule has 3 heterocycles. The summed E-state index contributed by atoms with van der Waals surface area (Å²) in [6.07, 6.45) is 2.40. The summed E-state index contributed by atoms with van der Waals surface area (Å²) in [5, 5.41) is 4.48. The van der Waals surface area contributed by atoms with E-state index in [0.717, 1.165) is 39.1 Å². The number of carbonyl (C=O) groups is 1. The van der Waals surface area contributed by atoms with Gasteiger partial charge in [-0.05, 0) is 42.7 Å². The van der Waals surface area contributed by atoms with E-state index in [-0.39, 0.29) is 12.0 Å². The molecule has 1 saturated heterocycles. The van der Waals surface area contributed by atoms with E-state index < -0.39 is 0 Å². The Morgan fingerprint density at radius 2 is 2.20 bits per heavy atom. The zero-order valence-corrected chi connectivity index (χ0v) is 18.5. The maximum Gasteiger partial charge on any atom is 0.266 e. The molecule has 1 fully saturated rings. The van der Waals surface area contributed by atoms with Gasteiger partial charge in [0.15, 0.2) is 5.13 Å². The highest BCUT2D eigenvalue weighted by Gasteiger charge is 2.29. The van der Waals surface area contributed by atoms with Crippen LogP contribution in [0.25, 0.3) is 0 Å². The lowest BCUT2D eigenvalue weighted by Gasteiger charge is -2.32. The molecule has 30 heavy (non-hydrogen) atoms. The van der Waals surface area contributed by atoms with Crippen LogP contribution in [0.1, 0.15) is 38.3 Å². The van der Waals surface area contributed by atoms with E-state index in [1.807, 2.05) is 42.3 Å². The van der Waals surface area contributed by atoms with Crippen LogP contribution in [-0.2, 0) is 11.2 Å². The largest absolute Gasteiger partial charge is 0.368 e. The summed E-state index contributed by atoms with van der Waals surface area (Å²) in [5.41, 5.74) is 3.83. The molecule has 0 saturated carbocycles. The normalized spacial score (nSPS) is 16.5. The molecule has 0 aliphatic carbocycles. The summed E-state index contributed by atoms with van der Waals surface area (Å²) in [6.45, 7) is 3.39. The number of amides is 1. The molecule has 156 valence electrons. The third kappa shape index (κ3) is 4.64. The Morgan fingerprint density at radius 1 is 1.33 bits per heavy atom. The van der Waals surface area contributed by atoms with Gasteiger partial charge in [0.1, 0.15) is 11.0 Å². The average molecular weight is 443 g/mol. The van der Waals surface area contributed by atoms with E-state index >= 15 is 0 Å². The van der Waals surface area contributed by atoms with Crippen LogP contribution < -0.4 is 5.32 Å². The molecule has 1 aliphatic rings. The van der Waals surface area contributed by atoms with Crippen LogP contribution in [0.4, 0.5) is 5.13 Å². The van der Waals surface area contributed by atoms with Gasteiger partial charge in [-0.15, -0.1) is 0 Å². The first-order chi connectivity index (χ1) is 14.5. The Hall–Kier alpha value is -2.48. The number of halogens is 1. The Kier molecular flexibility index (Phi) is 6.32. The van der Waals surface area contributed by atoms with E-state index in [9.17, 15) is 4.79 Å². The van der Waals surface area contributed by atoms with Crippen LogP contribution in [0.3, 0.4) is 0 Å². The first-order valence-corrected chi connectivity index (χ1v) is 11.0. The zero-order chi connectivity index (χ0) is 21.1. The van der Waals surface area contributed by atoms with E-state index in [1.165, 1.54) is 11.3 Å². The van der Waals surface area contributed by atoms with Gasteiger partial charge in [-0.25, -0.2) is 4.98 Å². The maximum absolute atomic E-state index is 13.0. The molecule has 4 rings (SSSR count). The number of carbonyl (C=O) groups excluding carboxylic acids is 1. The number of ether oxygens (including phenoxy) is 1. The highest BCUT2D eigenvalue weighted by molar-refractivity contribution is 7.17. The topological polar surface area (TPSA) is 67.4 Å². The van der Waals surface area contributed by atoms with Crippen LogP contribution in [0.2, 0.25) is 5.02 Å². The molecule has 0 spiro atoms. The van der Waals surface area contributed by atoms with Gasteiger partial charge in [-0.1, -0.05) is 41.1 Å².